The van der Waals surface area contributed by atoms with Crippen molar-refractivity contribution in [2.75, 3.05) is 0 Å². The van der Waals surface area contributed by atoms with Crippen LogP contribution in [0, 0.1) is 0 Å². The maximum atomic E-state index is 12.1. The summed E-state index contributed by atoms with van der Waals surface area (Å²) >= 11 is 0. The van der Waals surface area contributed by atoms with E-state index in [2.05, 4.69) is 15.3 Å². The number of nitrogens with zero attached hydrogens (tertiary/aromatic N) is 2. The minimum atomic E-state index is -4.67. The first kappa shape index (κ1) is 10.9. The molecular formula is C5H4F3N3O2S. The monoisotopic (exact) mass is 227 g/mol. The summed E-state index contributed by atoms with van der Waals surface area (Å²) in [5.74, 6) is 0. The van der Waals surface area contributed by atoms with E-state index >= 15 is 0 Å². The summed E-state index contributed by atoms with van der Waals surface area (Å²) in [5.41, 5.74) is -1.21. The molecule has 5 nitrogen and oxygen atoms in total. The van der Waals surface area contributed by atoms with Gasteiger partial charge in [-0.2, -0.15) is 18.3 Å². The van der Waals surface area contributed by atoms with Crippen LogP contribution in [0.2, 0.25) is 0 Å². The molecule has 0 radical (unpaired) electrons. The van der Waals surface area contributed by atoms with Gasteiger partial charge in [0.25, 0.3) is 10.0 Å². The largest absolute Gasteiger partial charge is 0.418 e. The molecule has 0 aliphatic heterocycles. The smallest absolute Gasteiger partial charge is 0.223 e. The quantitative estimate of drug-likeness (QED) is 0.739. The highest BCUT2D eigenvalue weighted by Crippen LogP contribution is 2.28. The van der Waals surface area contributed by atoms with E-state index in [1.165, 1.54) is 0 Å². The van der Waals surface area contributed by atoms with Crippen LogP contribution in [-0.4, -0.2) is 18.6 Å². The molecule has 1 rings (SSSR count). The van der Waals surface area contributed by atoms with Crippen LogP contribution in [0.5, 0.6) is 0 Å². The molecule has 0 aliphatic carbocycles. The standard InChI is InChI=1S/C5H4F3N3O2S/c6-5(7,8)3-1-4(11-10-2-3)14(9,12)13/h1-2H,(H2,9,12,13). The maximum Gasteiger partial charge on any atom is 0.418 e. The number of rotatable bonds is 1. The fraction of sp³-hybridized carbons (Fsp3) is 0.200. The highest BCUT2D eigenvalue weighted by Gasteiger charge is 2.32. The lowest BCUT2D eigenvalue weighted by Crippen LogP contribution is -2.16. The van der Waals surface area contributed by atoms with Crippen LogP contribution in [0.4, 0.5) is 13.2 Å². The molecule has 0 fully saturated rings. The van der Waals surface area contributed by atoms with Crippen LogP contribution in [0.25, 0.3) is 0 Å². The third kappa shape index (κ3) is 2.39. The molecule has 14 heavy (non-hydrogen) atoms. The number of alkyl halides is 3. The topological polar surface area (TPSA) is 85.9 Å². The Kier molecular flexibility index (Phi) is 2.46. The fourth-order valence-electron chi connectivity index (χ4n) is 0.641. The number of primary sulfonamides is 1. The van der Waals surface area contributed by atoms with Gasteiger partial charge >= 0.3 is 6.18 Å². The molecule has 0 atom stereocenters. The molecule has 1 aromatic heterocycles. The lowest BCUT2D eigenvalue weighted by molar-refractivity contribution is -0.138. The van der Waals surface area contributed by atoms with Gasteiger partial charge in [-0.1, -0.05) is 0 Å². The van der Waals surface area contributed by atoms with Crippen LogP contribution in [0.15, 0.2) is 17.3 Å². The van der Waals surface area contributed by atoms with E-state index in [-0.39, 0.29) is 0 Å². The van der Waals surface area contributed by atoms with Crippen LogP contribution in [-0.2, 0) is 16.2 Å². The van der Waals surface area contributed by atoms with Crippen molar-refractivity contribution in [3.05, 3.63) is 17.8 Å². The summed E-state index contributed by atoms with van der Waals surface area (Å²) in [4.78, 5) is 0. The molecule has 1 heterocycles. The molecular weight excluding hydrogens is 223 g/mol. The van der Waals surface area contributed by atoms with Crippen molar-refractivity contribution in [1.29, 1.82) is 0 Å². The van der Waals surface area contributed by atoms with E-state index in [1.54, 1.807) is 0 Å². The summed E-state index contributed by atoms with van der Waals surface area (Å²) in [6.07, 6.45) is -4.26. The fourth-order valence-corrected chi connectivity index (χ4v) is 1.09. The molecule has 0 aromatic carbocycles. The van der Waals surface area contributed by atoms with E-state index < -0.39 is 26.8 Å². The van der Waals surface area contributed by atoms with Gasteiger partial charge in [-0.3, -0.25) is 0 Å². The summed E-state index contributed by atoms with van der Waals surface area (Å²) in [6, 6.07) is 0.322. The van der Waals surface area contributed by atoms with Crippen LogP contribution in [0.1, 0.15) is 5.56 Å². The SMILES string of the molecule is NS(=O)(=O)c1cc(C(F)(F)F)cnn1. The molecule has 2 N–H and O–H groups in total. The van der Waals surface area contributed by atoms with Crippen molar-refractivity contribution in [3.8, 4) is 0 Å². The first-order chi connectivity index (χ1) is 6.21. The van der Waals surface area contributed by atoms with Gasteiger partial charge in [0.1, 0.15) is 0 Å². The van der Waals surface area contributed by atoms with Gasteiger partial charge in [0.2, 0.25) is 0 Å². The Morgan fingerprint density at radius 1 is 1.36 bits per heavy atom. The number of aromatic nitrogens is 2. The minimum Gasteiger partial charge on any atom is -0.223 e. The highest BCUT2D eigenvalue weighted by molar-refractivity contribution is 7.89. The molecule has 1 aromatic rings. The van der Waals surface area contributed by atoms with Gasteiger partial charge in [0.05, 0.1) is 11.8 Å². The zero-order valence-electron chi connectivity index (χ0n) is 6.49. The lowest BCUT2D eigenvalue weighted by Gasteiger charge is -2.05. The summed E-state index contributed by atoms with van der Waals surface area (Å²) in [5, 5.41) is 9.51. The first-order valence-corrected chi connectivity index (χ1v) is 4.68. The van der Waals surface area contributed by atoms with Gasteiger partial charge in [0.15, 0.2) is 5.03 Å². The highest BCUT2D eigenvalue weighted by atomic mass is 32.2. The number of hydrogen-bond donors (Lipinski definition) is 1. The molecule has 78 valence electrons. The Hall–Kier alpha value is -1.22. The Balaban J connectivity index is 3.29. The van der Waals surface area contributed by atoms with Crippen LogP contribution >= 0.6 is 0 Å². The normalized spacial score (nSPS) is 12.9. The second kappa shape index (κ2) is 3.17. The molecule has 0 spiro atoms. The Labute approximate surface area is 76.8 Å². The van der Waals surface area contributed by atoms with Gasteiger partial charge < -0.3 is 0 Å². The zero-order chi connectivity index (χ0) is 11.0. The molecule has 0 bridgehead atoms. The number of nitrogens with two attached hydrogens (primary N) is 1. The third-order valence-corrected chi connectivity index (χ3v) is 2.03. The predicted octanol–water partition coefficient (Wildman–Crippen LogP) is 0.143. The molecule has 9 heteroatoms. The number of hydrogen-bond acceptors (Lipinski definition) is 4. The number of halogens is 3. The van der Waals surface area contributed by atoms with Crippen molar-refractivity contribution in [3.63, 3.8) is 0 Å². The second-order valence-corrected chi connectivity index (χ2v) is 3.83. The van der Waals surface area contributed by atoms with E-state index in [4.69, 9.17) is 0 Å². The second-order valence-electron chi connectivity index (χ2n) is 2.33. The lowest BCUT2D eigenvalue weighted by atomic mass is 10.3. The molecule has 0 aliphatic rings. The average molecular weight is 227 g/mol. The van der Waals surface area contributed by atoms with Crippen molar-refractivity contribution in [2.45, 2.75) is 11.2 Å². The Morgan fingerprint density at radius 3 is 2.36 bits per heavy atom. The van der Waals surface area contributed by atoms with Crippen molar-refractivity contribution in [2.24, 2.45) is 5.14 Å². The maximum absolute atomic E-state index is 12.1. The summed E-state index contributed by atoms with van der Waals surface area (Å²) in [6.45, 7) is 0. The van der Waals surface area contributed by atoms with Crippen molar-refractivity contribution < 1.29 is 21.6 Å². The third-order valence-electron chi connectivity index (χ3n) is 1.25. The van der Waals surface area contributed by atoms with Crippen LogP contribution in [0.3, 0.4) is 0 Å². The summed E-state index contributed by atoms with van der Waals surface area (Å²) < 4.78 is 57.4. The first-order valence-electron chi connectivity index (χ1n) is 3.14. The Morgan fingerprint density at radius 2 is 1.93 bits per heavy atom. The van der Waals surface area contributed by atoms with E-state index in [9.17, 15) is 21.6 Å². The average Bonchev–Trinajstić information content (AvgIpc) is 2.01. The summed E-state index contributed by atoms with van der Waals surface area (Å²) in [7, 11) is -4.26. The number of sulfonamides is 1. The molecule has 0 saturated carbocycles. The van der Waals surface area contributed by atoms with Gasteiger partial charge in [-0.15, -0.1) is 5.10 Å². The van der Waals surface area contributed by atoms with Gasteiger partial charge in [-0.25, -0.2) is 13.6 Å². The van der Waals surface area contributed by atoms with E-state index in [1.807, 2.05) is 0 Å². The van der Waals surface area contributed by atoms with E-state index in [0.29, 0.717) is 12.3 Å². The Bertz CT molecular complexity index is 442. The molecule has 0 saturated heterocycles. The van der Waals surface area contributed by atoms with E-state index in [0.717, 1.165) is 0 Å². The minimum absolute atomic E-state index is 0.322. The van der Waals surface area contributed by atoms with Gasteiger partial charge in [-0.05, 0) is 6.07 Å². The zero-order valence-corrected chi connectivity index (χ0v) is 7.30. The van der Waals surface area contributed by atoms with Gasteiger partial charge in [0, 0.05) is 0 Å². The van der Waals surface area contributed by atoms with Crippen LogP contribution < -0.4 is 5.14 Å². The predicted molar refractivity (Wildman–Crippen MR) is 38.4 cm³/mol. The van der Waals surface area contributed by atoms with Crippen molar-refractivity contribution >= 4 is 10.0 Å². The van der Waals surface area contributed by atoms with Crippen molar-refractivity contribution in [1.82, 2.24) is 10.2 Å². The molecule has 0 unspecified atom stereocenters. The molecule has 0 amide bonds.